The van der Waals surface area contributed by atoms with Crippen LogP contribution in [0.3, 0.4) is 0 Å². The van der Waals surface area contributed by atoms with Crippen LogP contribution in [0.4, 0.5) is 0 Å². The van der Waals surface area contributed by atoms with Crippen LogP contribution in [-0.2, 0) is 16.3 Å². The lowest BCUT2D eigenvalue weighted by Gasteiger charge is -2.17. The largest absolute Gasteiger partial charge is 0.300 e. The average molecular weight is 322 g/mol. The zero-order valence-electron chi connectivity index (χ0n) is 12.0. The fourth-order valence-electron chi connectivity index (χ4n) is 2.65. The minimum atomic E-state index is -3.16. The first-order valence-electron chi connectivity index (χ1n) is 7.03. The van der Waals surface area contributed by atoms with E-state index < -0.39 is 9.84 Å². The number of hydrogen-bond donors (Lipinski definition) is 1. The van der Waals surface area contributed by atoms with Gasteiger partial charge in [-0.15, -0.1) is 11.3 Å². The number of nitrogens with one attached hydrogen (secondary N) is 1. The number of rotatable bonds is 4. The van der Waals surface area contributed by atoms with Crippen LogP contribution in [0.1, 0.15) is 41.4 Å². The minimum absolute atomic E-state index is 0.0432. The molecule has 0 bridgehead atoms. The second-order valence-electron chi connectivity index (χ2n) is 5.28. The molecule has 4 nitrogen and oxygen atoms in total. The van der Waals surface area contributed by atoms with Crippen LogP contribution in [0.15, 0.2) is 35.4 Å². The van der Waals surface area contributed by atoms with Crippen LogP contribution < -0.4 is 5.32 Å². The van der Waals surface area contributed by atoms with Gasteiger partial charge in [0.1, 0.15) is 5.01 Å². The summed E-state index contributed by atoms with van der Waals surface area (Å²) in [6.07, 6.45) is 2.88. The van der Waals surface area contributed by atoms with E-state index in [4.69, 9.17) is 0 Å². The molecule has 112 valence electrons. The molecule has 1 aliphatic rings. The number of fused-ring (bicyclic) bond motifs is 1. The topological polar surface area (TPSA) is 59.1 Å². The zero-order chi connectivity index (χ0) is 15.0. The normalized spacial score (nSPS) is 21.1. The molecule has 0 fully saturated rings. The van der Waals surface area contributed by atoms with Gasteiger partial charge in [0.05, 0.1) is 16.7 Å². The predicted octanol–water partition coefficient (Wildman–Crippen LogP) is 2.88. The lowest BCUT2D eigenvalue weighted by Crippen LogP contribution is -2.25. The van der Waals surface area contributed by atoms with Crippen LogP contribution >= 0.6 is 11.3 Å². The Labute approximate surface area is 129 Å². The number of aromatic nitrogens is 1. The Kier molecular flexibility index (Phi) is 3.86. The van der Waals surface area contributed by atoms with Crippen LogP contribution in [-0.4, -0.2) is 19.2 Å². The van der Waals surface area contributed by atoms with E-state index in [0.29, 0.717) is 4.90 Å². The van der Waals surface area contributed by atoms with E-state index in [1.54, 1.807) is 23.5 Å². The molecule has 6 heteroatoms. The third-order valence-corrected chi connectivity index (χ3v) is 6.90. The van der Waals surface area contributed by atoms with Crippen molar-refractivity contribution in [3.05, 3.63) is 45.9 Å². The average Bonchev–Trinajstić information content (AvgIpc) is 3.03. The molecule has 1 aromatic heterocycles. The van der Waals surface area contributed by atoms with E-state index >= 15 is 0 Å². The van der Waals surface area contributed by atoms with Crippen LogP contribution in [0.5, 0.6) is 0 Å². The highest BCUT2D eigenvalue weighted by Crippen LogP contribution is 2.35. The van der Waals surface area contributed by atoms with E-state index in [1.165, 1.54) is 4.88 Å². The Bertz CT molecular complexity index is 753. The maximum absolute atomic E-state index is 12.2. The molecule has 2 unspecified atom stereocenters. The van der Waals surface area contributed by atoms with E-state index in [9.17, 15) is 8.42 Å². The first-order valence-corrected chi connectivity index (χ1v) is 9.50. The third kappa shape index (κ3) is 2.75. The van der Waals surface area contributed by atoms with Gasteiger partial charge in [-0.25, -0.2) is 13.4 Å². The number of benzene rings is 1. The molecular weight excluding hydrogens is 304 g/mol. The number of sulfone groups is 1. The van der Waals surface area contributed by atoms with E-state index in [1.807, 2.05) is 25.3 Å². The van der Waals surface area contributed by atoms with Gasteiger partial charge in [0.2, 0.25) is 0 Å². The van der Waals surface area contributed by atoms with Gasteiger partial charge in [-0.3, -0.25) is 0 Å². The van der Waals surface area contributed by atoms with Gasteiger partial charge in [0, 0.05) is 17.1 Å². The number of nitrogens with zero attached hydrogens (tertiary/aromatic N) is 1. The second-order valence-corrected chi connectivity index (χ2v) is 8.43. The Morgan fingerprint density at radius 2 is 2.19 bits per heavy atom. The smallest absolute Gasteiger partial charge is 0.180 e. The zero-order valence-corrected chi connectivity index (χ0v) is 13.7. The molecule has 0 radical (unpaired) electrons. The summed E-state index contributed by atoms with van der Waals surface area (Å²) in [7, 11) is -3.16. The van der Waals surface area contributed by atoms with Gasteiger partial charge in [-0.1, -0.05) is 25.1 Å². The quantitative estimate of drug-likeness (QED) is 0.940. The molecule has 1 N–H and O–H groups in total. The number of thiazole rings is 1. The third-order valence-electron chi connectivity index (χ3n) is 3.76. The number of aryl methyl sites for hydroxylation is 1. The highest BCUT2D eigenvalue weighted by Gasteiger charge is 2.35. The minimum Gasteiger partial charge on any atom is -0.300 e. The summed E-state index contributed by atoms with van der Waals surface area (Å²) in [5.41, 5.74) is 0.872. The fourth-order valence-corrected chi connectivity index (χ4v) is 5.27. The van der Waals surface area contributed by atoms with Crippen molar-refractivity contribution < 1.29 is 8.42 Å². The van der Waals surface area contributed by atoms with E-state index in [2.05, 4.69) is 17.2 Å². The molecule has 0 saturated heterocycles. The molecule has 1 aromatic carbocycles. The standard InChI is InChI=1S/C15H18N2O2S2/c1-3-11-8-16-15(20-11)10(2)17-13-9-21(18,19)14-7-5-4-6-12(13)14/h4-8,10,13,17H,3,9H2,1-2H3. The van der Waals surface area contributed by atoms with Crippen molar-refractivity contribution in [2.75, 3.05) is 5.75 Å². The van der Waals surface area contributed by atoms with Crippen molar-refractivity contribution in [1.82, 2.24) is 10.3 Å². The number of hydrogen-bond acceptors (Lipinski definition) is 5. The summed E-state index contributed by atoms with van der Waals surface area (Å²) in [4.78, 5) is 6.14. The molecule has 2 aromatic rings. The maximum atomic E-state index is 12.2. The molecule has 3 rings (SSSR count). The van der Waals surface area contributed by atoms with Crippen molar-refractivity contribution in [2.45, 2.75) is 37.2 Å². The van der Waals surface area contributed by atoms with Crippen molar-refractivity contribution >= 4 is 21.2 Å². The summed E-state index contributed by atoms with van der Waals surface area (Å²) in [5, 5.41) is 4.42. The lowest BCUT2D eigenvalue weighted by molar-refractivity contribution is 0.495. The van der Waals surface area contributed by atoms with Gasteiger partial charge in [0.15, 0.2) is 9.84 Å². The molecule has 0 aliphatic carbocycles. The van der Waals surface area contributed by atoms with Crippen molar-refractivity contribution in [1.29, 1.82) is 0 Å². The Balaban J connectivity index is 1.83. The Hall–Kier alpha value is -1.24. The fraction of sp³-hybridized carbons (Fsp3) is 0.400. The van der Waals surface area contributed by atoms with Gasteiger partial charge < -0.3 is 5.32 Å². The molecule has 0 saturated carbocycles. The highest BCUT2D eigenvalue weighted by atomic mass is 32.2. The van der Waals surface area contributed by atoms with Crippen molar-refractivity contribution in [3.63, 3.8) is 0 Å². The summed E-state index contributed by atoms with van der Waals surface area (Å²) in [5.74, 6) is 0.128. The maximum Gasteiger partial charge on any atom is 0.180 e. The monoisotopic (exact) mass is 322 g/mol. The molecule has 21 heavy (non-hydrogen) atoms. The van der Waals surface area contributed by atoms with Crippen LogP contribution in [0.2, 0.25) is 0 Å². The van der Waals surface area contributed by atoms with Crippen molar-refractivity contribution in [3.8, 4) is 0 Å². The molecular formula is C15H18N2O2S2. The van der Waals surface area contributed by atoms with E-state index in [0.717, 1.165) is 17.0 Å². The summed E-state index contributed by atoms with van der Waals surface area (Å²) < 4.78 is 24.4. The Morgan fingerprint density at radius 1 is 1.43 bits per heavy atom. The second kappa shape index (κ2) is 5.51. The summed E-state index contributed by atoms with van der Waals surface area (Å²) >= 11 is 1.68. The molecule has 0 amide bonds. The molecule has 2 heterocycles. The van der Waals surface area contributed by atoms with Gasteiger partial charge in [0.25, 0.3) is 0 Å². The van der Waals surface area contributed by atoms with Gasteiger partial charge >= 0.3 is 0 Å². The van der Waals surface area contributed by atoms with Gasteiger partial charge in [-0.05, 0) is 25.0 Å². The lowest BCUT2D eigenvalue weighted by atomic mass is 10.1. The predicted molar refractivity (Wildman–Crippen MR) is 84.3 cm³/mol. The summed E-state index contributed by atoms with van der Waals surface area (Å²) in [6, 6.07) is 7.13. The SMILES string of the molecule is CCc1cnc(C(C)NC2CS(=O)(=O)c3ccccc32)s1. The van der Waals surface area contributed by atoms with Crippen molar-refractivity contribution in [2.24, 2.45) is 0 Å². The van der Waals surface area contributed by atoms with Gasteiger partial charge in [-0.2, -0.15) is 0 Å². The highest BCUT2D eigenvalue weighted by molar-refractivity contribution is 7.91. The van der Waals surface area contributed by atoms with Crippen LogP contribution in [0.25, 0.3) is 0 Å². The van der Waals surface area contributed by atoms with Crippen LogP contribution in [0, 0.1) is 0 Å². The van der Waals surface area contributed by atoms with E-state index in [-0.39, 0.29) is 17.8 Å². The first kappa shape index (κ1) is 14.7. The first-order chi connectivity index (χ1) is 10.0. The molecule has 1 aliphatic heterocycles. The molecule has 2 atom stereocenters. The molecule has 0 spiro atoms. The Morgan fingerprint density at radius 3 is 2.90 bits per heavy atom. The summed E-state index contributed by atoms with van der Waals surface area (Å²) in [6.45, 7) is 4.14.